The minimum atomic E-state index is -1.01. The number of carbonyl (C=O) groups is 3. The van der Waals surface area contributed by atoms with Gasteiger partial charge in [0.05, 0.1) is 12.1 Å². The summed E-state index contributed by atoms with van der Waals surface area (Å²) in [6, 6.07) is 15.6. The Balaban J connectivity index is 1.21. The van der Waals surface area contributed by atoms with Crippen molar-refractivity contribution in [3.8, 4) is 11.1 Å². The number of hydrogen-bond acceptors (Lipinski definition) is 6. The molecule has 5 rings (SSSR count). The Bertz CT molecular complexity index is 1090. The Morgan fingerprint density at radius 1 is 1.06 bits per heavy atom. The molecule has 184 valence electrons. The molecule has 2 heterocycles. The van der Waals surface area contributed by atoms with Crippen molar-refractivity contribution in [3.05, 3.63) is 59.7 Å². The highest BCUT2D eigenvalue weighted by atomic mass is 16.6. The van der Waals surface area contributed by atoms with E-state index in [1.165, 1.54) is 12.0 Å². The largest absolute Gasteiger partial charge is 0.481 e. The molecule has 2 aliphatic heterocycles. The van der Waals surface area contributed by atoms with Gasteiger partial charge in [-0.25, -0.2) is 4.79 Å². The van der Waals surface area contributed by atoms with Gasteiger partial charge in [0.15, 0.2) is 6.10 Å². The molecule has 2 aromatic rings. The van der Waals surface area contributed by atoms with Crippen molar-refractivity contribution >= 4 is 18.0 Å². The molecule has 0 aromatic heterocycles. The van der Waals surface area contributed by atoms with Gasteiger partial charge < -0.3 is 29.5 Å². The maximum absolute atomic E-state index is 13.1. The third-order valence-electron chi connectivity index (χ3n) is 7.18. The van der Waals surface area contributed by atoms with Crippen molar-refractivity contribution in [2.75, 3.05) is 33.4 Å². The third-order valence-corrected chi connectivity index (χ3v) is 7.18. The van der Waals surface area contributed by atoms with Gasteiger partial charge in [-0.1, -0.05) is 48.5 Å². The Morgan fingerprint density at radius 2 is 1.71 bits per heavy atom. The molecule has 2 N–H and O–H groups in total. The summed E-state index contributed by atoms with van der Waals surface area (Å²) in [5, 5.41) is 12.2. The SMILES string of the molecule is COC1CN(C(=O)C2OCCC2NC(=O)OCC2c3ccccc3-c3ccccc32)CC1C(=O)O. The van der Waals surface area contributed by atoms with Crippen LogP contribution in [-0.4, -0.2) is 79.6 Å². The average Bonchev–Trinajstić information content (AvgIpc) is 3.58. The summed E-state index contributed by atoms with van der Waals surface area (Å²) < 4.78 is 16.5. The number of nitrogens with zero attached hydrogens (tertiary/aromatic N) is 1. The van der Waals surface area contributed by atoms with Gasteiger partial charge in [0, 0.05) is 32.7 Å². The first-order chi connectivity index (χ1) is 17.0. The number of nitrogens with one attached hydrogen (secondary N) is 1. The number of likely N-dealkylation sites (tertiary alicyclic amines) is 1. The fraction of sp³-hybridized carbons (Fsp3) is 0.423. The summed E-state index contributed by atoms with van der Waals surface area (Å²) in [4.78, 5) is 38.7. The zero-order valence-electron chi connectivity index (χ0n) is 19.4. The Morgan fingerprint density at radius 3 is 2.31 bits per heavy atom. The van der Waals surface area contributed by atoms with Gasteiger partial charge in [-0.15, -0.1) is 0 Å². The van der Waals surface area contributed by atoms with Crippen LogP contribution in [0.4, 0.5) is 4.79 Å². The second-order valence-corrected chi connectivity index (χ2v) is 9.12. The van der Waals surface area contributed by atoms with Gasteiger partial charge >= 0.3 is 12.1 Å². The molecule has 0 saturated carbocycles. The molecule has 0 radical (unpaired) electrons. The van der Waals surface area contributed by atoms with Crippen LogP contribution in [0.25, 0.3) is 11.1 Å². The minimum Gasteiger partial charge on any atom is -0.481 e. The van der Waals surface area contributed by atoms with Crippen LogP contribution in [0.2, 0.25) is 0 Å². The van der Waals surface area contributed by atoms with Crippen LogP contribution in [0.1, 0.15) is 23.5 Å². The second kappa shape index (κ2) is 9.67. The number of hydrogen-bond donors (Lipinski definition) is 2. The first kappa shape index (κ1) is 23.3. The number of carboxylic acids is 1. The standard InChI is InChI=1S/C26H28N2O7/c1-33-22-13-28(12-19(22)25(30)31)24(29)23-21(10-11-34-23)27-26(32)35-14-20-17-8-4-2-6-15(17)16-7-3-5-9-18(16)20/h2-9,19-23H,10-14H2,1H3,(H,27,32)(H,30,31). The van der Waals surface area contributed by atoms with Gasteiger partial charge in [-0.2, -0.15) is 0 Å². The van der Waals surface area contributed by atoms with E-state index in [4.69, 9.17) is 14.2 Å². The molecule has 35 heavy (non-hydrogen) atoms. The highest BCUT2D eigenvalue weighted by molar-refractivity contribution is 5.85. The highest BCUT2D eigenvalue weighted by Gasteiger charge is 2.45. The van der Waals surface area contributed by atoms with E-state index in [1.54, 1.807) is 0 Å². The summed E-state index contributed by atoms with van der Waals surface area (Å²) >= 11 is 0. The van der Waals surface area contributed by atoms with Crippen LogP contribution >= 0.6 is 0 Å². The van der Waals surface area contributed by atoms with Crippen LogP contribution in [0.5, 0.6) is 0 Å². The summed E-state index contributed by atoms with van der Waals surface area (Å²) in [6.45, 7) is 0.705. The molecule has 2 fully saturated rings. The fourth-order valence-electron chi connectivity index (χ4n) is 5.38. The first-order valence-corrected chi connectivity index (χ1v) is 11.8. The number of rotatable bonds is 6. The number of carbonyl (C=O) groups excluding carboxylic acids is 2. The van der Waals surface area contributed by atoms with Crippen LogP contribution in [0.15, 0.2) is 48.5 Å². The van der Waals surface area contributed by atoms with Gasteiger partial charge in [0.1, 0.15) is 12.5 Å². The Hall–Kier alpha value is -3.43. The number of fused-ring (bicyclic) bond motifs is 3. The van der Waals surface area contributed by atoms with E-state index in [-0.39, 0.29) is 31.5 Å². The number of benzene rings is 2. The summed E-state index contributed by atoms with van der Waals surface area (Å²) in [5.41, 5.74) is 4.53. The molecule has 9 nitrogen and oxygen atoms in total. The highest BCUT2D eigenvalue weighted by Crippen LogP contribution is 2.44. The predicted molar refractivity (Wildman–Crippen MR) is 125 cm³/mol. The molecule has 0 spiro atoms. The molecule has 4 atom stereocenters. The lowest BCUT2D eigenvalue weighted by molar-refractivity contribution is -0.144. The molecule has 9 heteroatoms. The van der Waals surface area contributed by atoms with E-state index in [0.29, 0.717) is 13.0 Å². The van der Waals surface area contributed by atoms with Crippen LogP contribution in [-0.2, 0) is 23.8 Å². The number of ether oxygens (including phenoxy) is 3. The molecule has 2 amide bonds. The fourth-order valence-corrected chi connectivity index (χ4v) is 5.38. The Labute approximate surface area is 203 Å². The normalized spacial score (nSPS) is 25.2. The third kappa shape index (κ3) is 4.37. The lowest BCUT2D eigenvalue weighted by atomic mass is 9.98. The van der Waals surface area contributed by atoms with Gasteiger partial charge in [-0.05, 0) is 28.7 Å². The van der Waals surface area contributed by atoms with Crippen molar-refractivity contribution in [2.45, 2.75) is 30.6 Å². The predicted octanol–water partition coefficient (Wildman–Crippen LogP) is 2.24. The smallest absolute Gasteiger partial charge is 0.407 e. The summed E-state index contributed by atoms with van der Waals surface area (Å²) in [6.07, 6.45) is -1.61. The van der Waals surface area contributed by atoms with Crippen molar-refractivity contribution in [2.24, 2.45) is 5.92 Å². The number of methoxy groups -OCH3 is 1. The Kier molecular flexibility index (Phi) is 6.44. The first-order valence-electron chi connectivity index (χ1n) is 11.8. The van der Waals surface area contributed by atoms with Gasteiger partial charge in [-0.3, -0.25) is 9.59 Å². The monoisotopic (exact) mass is 480 g/mol. The molecular weight excluding hydrogens is 452 g/mol. The molecule has 1 aliphatic carbocycles. The lowest BCUT2D eigenvalue weighted by Crippen LogP contribution is -2.49. The van der Waals surface area contributed by atoms with E-state index >= 15 is 0 Å². The van der Waals surface area contributed by atoms with E-state index < -0.39 is 36.2 Å². The van der Waals surface area contributed by atoms with Crippen LogP contribution < -0.4 is 5.32 Å². The number of amides is 2. The number of alkyl carbamates (subject to hydrolysis) is 1. The molecule has 0 bridgehead atoms. The number of aliphatic carboxylic acids is 1. The van der Waals surface area contributed by atoms with Crippen molar-refractivity contribution in [1.29, 1.82) is 0 Å². The molecule has 2 saturated heterocycles. The molecule has 2 aromatic carbocycles. The molecule has 3 aliphatic rings. The molecule has 4 unspecified atom stereocenters. The second-order valence-electron chi connectivity index (χ2n) is 9.12. The van der Waals surface area contributed by atoms with E-state index in [1.807, 2.05) is 24.3 Å². The van der Waals surface area contributed by atoms with Crippen molar-refractivity contribution in [1.82, 2.24) is 10.2 Å². The van der Waals surface area contributed by atoms with Gasteiger partial charge in [0.2, 0.25) is 0 Å². The van der Waals surface area contributed by atoms with Gasteiger partial charge in [0.25, 0.3) is 5.91 Å². The summed E-state index contributed by atoms with van der Waals surface area (Å²) in [7, 11) is 1.43. The topological polar surface area (TPSA) is 114 Å². The van der Waals surface area contributed by atoms with E-state index in [9.17, 15) is 19.5 Å². The lowest BCUT2D eigenvalue weighted by Gasteiger charge is -2.24. The van der Waals surface area contributed by atoms with E-state index in [2.05, 4.69) is 29.6 Å². The zero-order valence-corrected chi connectivity index (χ0v) is 19.4. The van der Waals surface area contributed by atoms with Crippen LogP contribution in [0.3, 0.4) is 0 Å². The minimum absolute atomic E-state index is 0.0458. The summed E-state index contributed by atoms with van der Waals surface area (Å²) in [5.74, 6) is -2.21. The number of carboxylic acid groups (broad SMARTS) is 1. The molecular formula is C26H28N2O7. The maximum Gasteiger partial charge on any atom is 0.407 e. The quantitative estimate of drug-likeness (QED) is 0.652. The zero-order chi connectivity index (χ0) is 24.5. The van der Waals surface area contributed by atoms with Crippen molar-refractivity contribution < 1.29 is 33.7 Å². The average molecular weight is 481 g/mol. The van der Waals surface area contributed by atoms with Crippen LogP contribution in [0, 0.1) is 5.92 Å². The van der Waals surface area contributed by atoms with E-state index in [0.717, 1.165) is 22.3 Å². The van der Waals surface area contributed by atoms with Crippen molar-refractivity contribution in [3.63, 3.8) is 0 Å². The maximum atomic E-state index is 13.1.